The zero-order chi connectivity index (χ0) is 19.2. The van der Waals surface area contributed by atoms with E-state index in [1.54, 1.807) is 4.90 Å². The molecule has 0 saturated carbocycles. The molecule has 1 aromatic heterocycles. The Balaban J connectivity index is 1.45. The van der Waals surface area contributed by atoms with E-state index in [0.717, 1.165) is 50.4 Å². The quantitative estimate of drug-likeness (QED) is 0.815. The number of anilines is 1. The lowest BCUT2D eigenvalue weighted by atomic mass is 10.2. The number of aryl methyl sites for hydroxylation is 2. The molecule has 2 aromatic rings. The van der Waals surface area contributed by atoms with E-state index in [2.05, 4.69) is 64.2 Å². The Labute approximate surface area is 162 Å². The summed E-state index contributed by atoms with van der Waals surface area (Å²) >= 11 is 0. The second-order valence-electron chi connectivity index (χ2n) is 7.49. The maximum absolute atomic E-state index is 12.6. The van der Waals surface area contributed by atoms with Crippen molar-refractivity contribution in [2.24, 2.45) is 0 Å². The van der Waals surface area contributed by atoms with Crippen LogP contribution in [0.25, 0.3) is 0 Å². The third-order valence-corrected chi connectivity index (χ3v) is 5.12. The minimum absolute atomic E-state index is 0.158. The molecule has 0 aliphatic carbocycles. The summed E-state index contributed by atoms with van der Waals surface area (Å²) in [5, 5.41) is 7.34. The summed E-state index contributed by atoms with van der Waals surface area (Å²) in [7, 11) is 1.87. The van der Waals surface area contributed by atoms with Crippen molar-refractivity contribution in [3.63, 3.8) is 0 Å². The Morgan fingerprint density at radius 2 is 2.00 bits per heavy atom. The van der Waals surface area contributed by atoms with Crippen LogP contribution in [0.4, 0.5) is 5.69 Å². The van der Waals surface area contributed by atoms with Gasteiger partial charge in [0.1, 0.15) is 0 Å². The summed E-state index contributed by atoms with van der Waals surface area (Å²) in [5.41, 5.74) is 4.63. The number of amides is 1. The Morgan fingerprint density at radius 1 is 1.22 bits per heavy atom. The van der Waals surface area contributed by atoms with Gasteiger partial charge in [0.15, 0.2) is 0 Å². The molecule has 0 radical (unpaired) electrons. The second kappa shape index (κ2) is 9.04. The maximum atomic E-state index is 12.6. The van der Waals surface area contributed by atoms with Gasteiger partial charge >= 0.3 is 0 Å². The molecule has 1 saturated heterocycles. The van der Waals surface area contributed by atoms with Crippen LogP contribution in [0.2, 0.25) is 0 Å². The highest BCUT2D eigenvalue weighted by atomic mass is 16.2. The standard InChI is InChI=1S/C21H31N5O/c1-4-6-18-14-19(23-22-18)15-24(3)21(27)16-25-9-11-26(12-10-25)20-8-5-7-17(2)13-20/h5,7-8,13-14H,4,6,9-12,15-16H2,1-3H3,(H,22,23). The number of likely N-dealkylation sites (N-methyl/N-ethyl adjacent to an activating group) is 1. The van der Waals surface area contributed by atoms with Gasteiger partial charge in [0.2, 0.25) is 5.91 Å². The molecule has 27 heavy (non-hydrogen) atoms. The van der Waals surface area contributed by atoms with Crippen LogP contribution >= 0.6 is 0 Å². The van der Waals surface area contributed by atoms with Crippen molar-refractivity contribution >= 4 is 11.6 Å². The molecule has 1 fully saturated rings. The largest absolute Gasteiger partial charge is 0.369 e. The van der Waals surface area contributed by atoms with Crippen molar-refractivity contribution in [3.8, 4) is 0 Å². The number of aromatic amines is 1. The van der Waals surface area contributed by atoms with E-state index in [0.29, 0.717) is 13.1 Å². The van der Waals surface area contributed by atoms with Gasteiger partial charge in [-0.3, -0.25) is 14.8 Å². The molecule has 3 rings (SSSR count). The van der Waals surface area contributed by atoms with E-state index >= 15 is 0 Å². The summed E-state index contributed by atoms with van der Waals surface area (Å²) in [6, 6.07) is 10.7. The molecule has 6 nitrogen and oxygen atoms in total. The molecular weight excluding hydrogens is 338 g/mol. The average Bonchev–Trinajstić information content (AvgIpc) is 3.09. The fourth-order valence-electron chi connectivity index (χ4n) is 3.52. The smallest absolute Gasteiger partial charge is 0.236 e. The SMILES string of the molecule is CCCc1cc(CN(C)C(=O)CN2CCN(c3cccc(C)c3)CC2)[nH]n1. The molecule has 146 valence electrons. The normalized spacial score (nSPS) is 15.1. The summed E-state index contributed by atoms with van der Waals surface area (Å²) < 4.78 is 0. The van der Waals surface area contributed by atoms with Gasteiger partial charge in [-0.15, -0.1) is 0 Å². The van der Waals surface area contributed by atoms with Crippen LogP contribution in [0.3, 0.4) is 0 Å². The second-order valence-corrected chi connectivity index (χ2v) is 7.49. The van der Waals surface area contributed by atoms with Gasteiger partial charge in [-0.2, -0.15) is 5.10 Å². The number of carbonyl (C=O) groups is 1. The molecule has 0 bridgehead atoms. The molecular formula is C21H31N5O. The monoisotopic (exact) mass is 369 g/mol. The number of carbonyl (C=O) groups excluding carboxylic acids is 1. The maximum Gasteiger partial charge on any atom is 0.236 e. The van der Waals surface area contributed by atoms with Gasteiger partial charge < -0.3 is 9.80 Å². The summed E-state index contributed by atoms with van der Waals surface area (Å²) in [5.74, 6) is 0.158. The highest BCUT2D eigenvalue weighted by molar-refractivity contribution is 5.78. The highest BCUT2D eigenvalue weighted by Gasteiger charge is 2.21. The van der Waals surface area contributed by atoms with Crippen molar-refractivity contribution in [1.29, 1.82) is 0 Å². The van der Waals surface area contributed by atoms with Crippen molar-refractivity contribution in [3.05, 3.63) is 47.3 Å². The number of aromatic nitrogens is 2. The average molecular weight is 370 g/mol. The predicted molar refractivity (Wildman–Crippen MR) is 109 cm³/mol. The predicted octanol–water partition coefficient (Wildman–Crippen LogP) is 2.45. The molecule has 6 heteroatoms. The Bertz CT molecular complexity index is 749. The van der Waals surface area contributed by atoms with Crippen LogP contribution in [0.1, 0.15) is 30.3 Å². The number of hydrogen-bond donors (Lipinski definition) is 1. The number of nitrogens with zero attached hydrogens (tertiary/aromatic N) is 4. The van der Waals surface area contributed by atoms with Gasteiger partial charge in [-0.05, 0) is 37.1 Å². The summed E-state index contributed by atoms with van der Waals surface area (Å²) in [4.78, 5) is 19.0. The topological polar surface area (TPSA) is 55.5 Å². The number of rotatable bonds is 7. The number of H-pyrrole nitrogens is 1. The van der Waals surface area contributed by atoms with E-state index in [9.17, 15) is 4.79 Å². The first-order chi connectivity index (χ1) is 13.0. The van der Waals surface area contributed by atoms with E-state index in [-0.39, 0.29) is 5.91 Å². The Hall–Kier alpha value is -2.34. The fourth-order valence-corrected chi connectivity index (χ4v) is 3.52. The van der Waals surface area contributed by atoms with Crippen LogP contribution < -0.4 is 4.90 Å². The number of piperazine rings is 1. The Kier molecular flexibility index (Phi) is 6.50. The Morgan fingerprint density at radius 3 is 2.70 bits per heavy atom. The minimum atomic E-state index is 0.158. The zero-order valence-electron chi connectivity index (χ0n) is 16.7. The lowest BCUT2D eigenvalue weighted by Gasteiger charge is -2.36. The highest BCUT2D eigenvalue weighted by Crippen LogP contribution is 2.17. The molecule has 1 aromatic carbocycles. The van der Waals surface area contributed by atoms with Crippen molar-refractivity contribution in [2.75, 3.05) is 44.7 Å². The molecule has 1 aliphatic heterocycles. The lowest BCUT2D eigenvalue weighted by molar-refractivity contribution is -0.131. The zero-order valence-corrected chi connectivity index (χ0v) is 16.7. The third kappa shape index (κ3) is 5.32. The van der Waals surface area contributed by atoms with Crippen molar-refractivity contribution in [2.45, 2.75) is 33.2 Å². The van der Waals surface area contributed by atoms with Gasteiger partial charge in [0, 0.05) is 38.9 Å². The van der Waals surface area contributed by atoms with Crippen molar-refractivity contribution in [1.82, 2.24) is 20.0 Å². The molecule has 0 spiro atoms. The fraction of sp³-hybridized carbons (Fsp3) is 0.524. The number of hydrogen-bond acceptors (Lipinski definition) is 4. The molecule has 1 N–H and O–H groups in total. The molecule has 1 aliphatic rings. The van der Waals surface area contributed by atoms with Crippen LogP contribution in [0.15, 0.2) is 30.3 Å². The van der Waals surface area contributed by atoms with E-state index in [1.807, 2.05) is 7.05 Å². The van der Waals surface area contributed by atoms with Gasteiger partial charge in [0.05, 0.1) is 24.5 Å². The van der Waals surface area contributed by atoms with E-state index < -0.39 is 0 Å². The van der Waals surface area contributed by atoms with Gasteiger partial charge in [-0.25, -0.2) is 0 Å². The first-order valence-electron chi connectivity index (χ1n) is 9.86. The minimum Gasteiger partial charge on any atom is -0.369 e. The van der Waals surface area contributed by atoms with E-state index in [4.69, 9.17) is 0 Å². The molecule has 1 amide bonds. The number of nitrogens with one attached hydrogen (secondary N) is 1. The molecule has 0 unspecified atom stereocenters. The van der Waals surface area contributed by atoms with Crippen LogP contribution in [0.5, 0.6) is 0 Å². The van der Waals surface area contributed by atoms with Crippen LogP contribution in [0, 0.1) is 6.92 Å². The molecule has 2 heterocycles. The lowest BCUT2D eigenvalue weighted by Crippen LogP contribution is -2.49. The van der Waals surface area contributed by atoms with Crippen LogP contribution in [-0.2, 0) is 17.8 Å². The van der Waals surface area contributed by atoms with Gasteiger partial charge in [0.25, 0.3) is 0 Å². The first-order valence-corrected chi connectivity index (χ1v) is 9.86. The van der Waals surface area contributed by atoms with Gasteiger partial charge in [-0.1, -0.05) is 25.5 Å². The third-order valence-electron chi connectivity index (χ3n) is 5.12. The summed E-state index contributed by atoms with van der Waals surface area (Å²) in [6.07, 6.45) is 2.05. The van der Waals surface area contributed by atoms with Crippen LogP contribution in [-0.4, -0.2) is 65.7 Å². The van der Waals surface area contributed by atoms with Crippen molar-refractivity contribution < 1.29 is 4.79 Å². The summed E-state index contributed by atoms with van der Waals surface area (Å²) in [6.45, 7) is 9.08. The number of benzene rings is 1. The molecule has 0 atom stereocenters. The first kappa shape index (κ1) is 19.4. The van der Waals surface area contributed by atoms with E-state index in [1.165, 1.54) is 11.3 Å².